The summed E-state index contributed by atoms with van der Waals surface area (Å²) in [5.74, 6) is 0.528. The lowest BCUT2D eigenvalue weighted by atomic mass is 10.2. The van der Waals surface area contributed by atoms with Crippen molar-refractivity contribution in [2.45, 2.75) is 37.4 Å². The normalized spacial score (nSPS) is 22.0. The van der Waals surface area contributed by atoms with E-state index in [1.54, 1.807) is 0 Å². The van der Waals surface area contributed by atoms with Gasteiger partial charge in [0, 0.05) is 13.0 Å². The lowest BCUT2D eigenvalue weighted by Gasteiger charge is -2.21. The van der Waals surface area contributed by atoms with Crippen molar-refractivity contribution in [2.75, 3.05) is 12.3 Å². The number of H-pyrrole nitrogens is 1. The second kappa shape index (κ2) is 6.14. The van der Waals surface area contributed by atoms with E-state index in [0.717, 1.165) is 12.2 Å². The maximum atomic E-state index is 11.8. The molecule has 7 nitrogen and oxygen atoms in total. The van der Waals surface area contributed by atoms with Gasteiger partial charge in [-0.3, -0.25) is 9.89 Å². The van der Waals surface area contributed by atoms with E-state index in [-0.39, 0.29) is 11.7 Å². The van der Waals surface area contributed by atoms with E-state index in [4.69, 9.17) is 0 Å². The predicted molar refractivity (Wildman–Crippen MR) is 69.1 cm³/mol. The van der Waals surface area contributed by atoms with Crippen LogP contribution in [0.4, 0.5) is 0 Å². The molecule has 19 heavy (non-hydrogen) atoms. The molecule has 0 radical (unpaired) electrons. The number of amides is 1. The molecule has 1 unspecified atom stereocenters. The Labute approximate surface area is 112 Å². The Hall–Kier alpha value is -1.44. The van der Waals surface area contributed by atoms with Crippen molar-refractivity contribution in [2.24, 2.45) is 0 Å². The summed E-state index contributed by atoms with van der Waals surface area (Å²) in [7, 11) is -3.24. The van der Waals surface area contributed by atoms with Crippen molar-refractivity contribution in [3.63, 3.8) is 0 Å². The van der Waals surface area contributed by atoms with Crippen molar-refractivity contribution >= 4 is 15.7 Å². The topological polar surface area (TPSA) is 105 Å². The number of sulfone groups is 1. The Balaban J connectivity index is 1.75. The van der Waals surface area contributed by atoms with Gasteiger partial charge in [0.2, 0.25) is 5.91 Å². The minimum absolute atomic E-state index is 0.128. The van der Waals surface area contributed by atoms with Crippen LogP contribution in [0.2, 0.25) is 0 Å². The highest BCUT2D eigenvalue weighted by atomic mass is 32.2. The summed E-state index contributed by atoms with van der Waals surface area (Å²) >= 11 is 0. The number of nitrogens with one attached hydrogen (secondary N) is 2. The highest BCUT2D eigenvalue weighted by molar-refractivity contribution is 7.92. The number of nitrogens with zero attached hydrogens (tertiary/aromatic N) is 2. The molecule has 2 rings (SSSR count). The minimum Gasteiger partial charge on any atom is -0.355 e. The van der Waals surface area contributed by atoms with Crippen LogP contribution >= 0.6 is 0 Å². The Kier molecular flexibility index (Phi) is 4.52. The van der Waals surface area contributed by atoms with Crippen LogP contribution < -0.4 is 5.32 Å². The zero-order valence-electron chi connectivity index (χ0n) is 10.6. The molecule has 0 aliphatic carbocycles. The maximum Gasteiger partial charge on any atom is 0.238 e. The smallest absolute Gasteiger partial charge is 0.238 e. The molecule has 2 N–H and O–H groups in total. The molecule has 1 saturated heterocycles. The first kappa shape index (κ1) is 14.0. The number of aromatic amines is 1. The third-order valence-corrected chi connectivity index (χ3v) is 5.40. The molecular weight excluding hydrogens is 268 g/mol. The summed E-state index contributed by atoms with van der Waals surface area (Å²) in [6.07, 6.45) is 4.72. The summed E-state index contributed by atoms with van der Waals surface area (Å²) in [5.41, 5.74) is 0. The highest BCUT2D eigenvalue weighted by Crippen LogP contribution is 2.19. The summed E-state index contributed by atoms with van der Waals surface area (Å²) in [4.78, 5) is 15.8. The van der Waals surface area contributed by atoms with Crippen LogP contribution in [0.5, 0.6) is 0 Å². The van der Waals surface area contributed by atoms with E-state index >= 15 is 0 Å². The van der Waals surface area contributed by atoms with Crippen molar-refractivity contribution in [1.82, 2.24) is 20.5 Å². The van der Waals surface area contributed by atoms with Gasteiger partial charge in [0.1, 0.15) is 17.4 Å². The number of hydrogen-bond donors (Lipinski definition) is 2. The molecule has 0 bridgehead atoms. The number of hydrogen-bond acceptors (Lipinski definition) is 5. The highest BCUT2D eigenvalue weighted by Gasteiger charge is 2.34. The van der Waals surface area contributed by atoms with Gasteiger partial charge in [-0.05, 0) is 19.3 Å². The summed E-state index contributed by atoms with van der Waals surface area (Å²) in [6, 6.07) is 0. The lowest BCUT2D eigenvalue weighted by Crippen LogP contribution is -2.43. The van der Waals surface area contributed by atoms with Crippen molar-refractivity contribution in [3.05, 3.63) is 12.2 Å². The Morgan fingerprint density at radius 2 is 2.32 bits per heavy atom. The molecule has 1 atom stereocenters. The summed E-state index contributed by atoms with van der Waals surface area (Å²) < 4.78 is 23.5. The van der Waals surface area contributed by atoms with Crippen LogP contribution in [0, 0.1) is 0 Å². The van der Waals surface area contributed by atoms with Crippen molar-refractivity contribution < 1.29 is 13.2 Å². The van der Waals surface area contributed by atoms with Crippen LogP contribution in [0.15, 0.2) is 6.33 Å². The van der Waals surface area contributed by atoms with Gasteiger partial charge in [-0.25, -0.2) is 13.4 Å². The fourth-order valence-corrected chi connectivity index (χ4v) is 4.01. The van der Waals surface area contributed by atoms with Gasteiger partial charge in [-0.15, -0.1) is 0 Å². The molecule has 2 heterocycles. The Morgan fingerprint density at radius 3 is 3.00 bits per heavy atom. The molecule has 1 aromatic heterocycles. The van der Waals surface area contributed by atoms with Gasteiger partial charge < -0.3 is 5.32 Å². The van der Waals surface area contributed by atoms with Gasteiger partial charge in [-0.1, -0.05) is 6.42 Å². The van der Waals surface area contributed by atoms with E-state index in [0.29, 0.717) is 32.2 Å². The Bertz CT molecular complexity index is 512. The average Bonchev–Trinajstić information content (AvgIpc) is 2.87. The quantitative estimate of drug-likeness (QED) is 0.731. The zero-order chi connectivity index (χ0) is 13.7. The third-order valence-electron chi connectivity index (χ3n) is 3.23. The molecule has 0 spiro atoms. The number of rotatable bonds is 5. The lowest BCUT2D eigenvalue weighted by molar-refractivity contribution is -0.120. The second-order valence-electron chi connectivity index (χ2n) is 4.68. The van der Waals surface area contributed by atoms with E-state index in [1.807, 2.05) is 0 Å². The number of carbonyl (C=O) groups excluding carboxylic acids is 1. The molecule has 0 aromatic carbocycles. The molecular formula is C11H18N4O3S. The average molecular weight is 286 g/mol. The number of aryl methyl sites for hydroxylation is 1. The molecule has 106 valence electrons. The molecule has 8 heteroatoms. The van der Waals surface area contributed by atoms with Gasteiger partial charge in [0.05, 0.1) is 5.75 Å². The SMILES string of the molecule is O=C(NCCCc1ncn[nH]1)C1CCCCS1(=O)=O. The fraction of sp³-hybridized carbons (Fsp3) is 0.727. The van der Waals surface area contributed by atoms with Crippen LogP contribution in [-0.4, -0.2) is 47.1 Å². The fourth-order valence-electron chi connectivity index (χ4n) is 2.18. The summed E-state index contributed by atoms with van der Waals surface area (Å²) in [6.45, 7) is 0.450. The molecule has 0 saturated carbocycles. The van der Waals surface area contributed by atoms with Crippen LogP contribution in [0.25, 0.3) is 0 Å². The van der Waals surface area contributed by atoms with Gasteiger partial charge in [0.15, 0.2) is 9.84 Å². The largest absolute Gasteiger partial charge is 0.355 e. The van der Waals surface area contributed by atoms with Crippen molar-refractivity contribution in [1.29, 1.82) is 0 Å². The number of aromatic nitrogens is 3. The first-order chi connectivity index (χ1) is 9.09. The van der Waals surface area contributed by atoms with Gasteiger partial charge in [0.25, 0.3) is 0 Å². The van der Waals surface area contributed by atoms with Crippen LogP contribution in [0.3, 0.4) is 0 Å². The third kappa shape index (κ3) is 3.76. The predicted octanol–water partition coefficient (Wildman–Crippen LogP) is -0.179. The standard InChI is InChI=1S/C11H18N4O3S/c16-11(9-4-1-2-7-19(9,17)18)12-6-3-5-10-13-8-14-15-10/h8-9H,1-7H2,(H,12,16)(H,13,14,15). The van der Waals surface area contributed by atoms with Crippen LogP contribution in [0.1, 0.15) is 31.5 Å². The monoisotopic (exact) mass is 286 g/mol. The van der Waals surface area contributed by atoms with Gasteiger partial charge in [-0.2, -0.15) is 5.10 Å². The van der Waals surface area contributed by atoms with E-state index in [1.165, 1.54) is 6.33 Å². The van der Waals surface area contributed by atoms with Crippen molar-refractivity contribution in [3.8, 4) is 0 Å². The summed E-state index contributed by atoms with van der Waals surface area (Å²) in [5, 5.41) is 8.29. The second-order valence-corrected chi connectivity index (χ2v) is 6.98. The Morgan fingerprint density at radius 1 is 1.47 bits per heavy atom. The first-order valence-electron chi connectivity index (χ1n) is 6.43. The first-order valence-corrected chi connectivity index (χ1v) is 8.14. The molecule has 1 fully saturated rings. The molecule has 1 amide bonds. The van der Waals surface area contributed by atoms with E-state index in [2.05, 4.69) is 20.5 Å². The van der Waals surface area contributed by atoms with Crippen LogP contribution in [-0.2, 0) is 21.1 Å². The van der Waals surface area contributed by atoms with Gasteiger partial charge >= 0.3 is 0 Å². The molecule has 1 aliphatic heterocycles. The minimum atomic E-state index is -3.24. The molecule has 1 aromatic rings. The van der Waals surface area contributed by atoms with E-state index in [9.17, 15) is 13.2 Å². The molecule has 1 aliphatic rings. The zero-order valence-corrected chi connectivity index (χ0v) is 11.4. The van der Waals surface area contributed by atoms with E-state index < -0.39 is 15.1 Å². The maximum absolute atomic E-state index is 11.8. The number of carbonyl (C=O) groups is 1.